The molecule has 1 fully saturated rings. The van der Waals surface area contributed by atoms with Crippen LogP contribution in [-0.2, 0) is 4.79 Å². The van der Waals surface area contributed by atoms with Gasteiger partial charge in [-0.25, -0.2) is 0 Å². The molecule has 1 aliphatic rings. The summed E-state index contributed by atoms with van der Waals surface area (Å²) in [6, 6.07) is 14.8. The summed E-state index contributed by atoms with van der Waals surface area (Å²) < 4.78 is 0. The Morgan fingerprint density at radius 3 is 2.58 bits per heavy atom. The lowest BCUT2D eigenvalue weighted by Crippen LogP contribution is -2.46. The number of likely N-dealkylation sites (tertiary alicyclic amines) is 1. The molecule has 3 rings (SSSR count). The molecule has 1 amide bonds. The number of benzene rings is 2. The number of carbonyl (C=O) groups excluding carboxylic acids is 1. The molecule has 0 aromatic heterocycles. The van der Waals surface area contributed by atoms with Gasteiger partial charge in [0, 0.05) is 19.1 Å². The molecule has 130 valence electrons. The van der Waals surface area contributed by atoms with Crippen molar-refractivity contribution in [3.63, 3.8) is 0 Å². The highest BCUT2D eigenvalue weighted by Gasteiger charge is 2.28. The second-order valence-electron chi connectivity index (χ2n) is 6.87. The van der Waals surface area contributed by atoms with E-state index in [-0.39, 0.29) is 30.3 Å². The third kappa shape index (κ3) is 3.90. The molecular weight excluding hydrogens is 320 g/mol. The molecule has 24 heavy (non-hydrogen) atoms. The van der Waals surface area contributed by atoms with Crippen molar-refractivity contribution >= 4 is 29.1 Å². The molecule has 1 aliphatic heterocycles. The first-order chi connectivity index (χ1) is 11.1. The smallest absolute Gasteiger partial charge is 0.229 e. The summed E-state index contributed by atoms with van der Waals surface area (Å²) in [5.74, 6) is 0.550. The lowest BCUT2D eigenvalue weighted by molar-refractivity contribution is -0.134. The Balaban J connectivity index is 0.00000208. The number of hydrogen-bond donors (Lipinski definition) is 1. The molecule has 0 spiro atoms. The largest absolute Gasteiger partial charge is 0.342 e. The van der Waals surface area contributed by atoms with E-state index in [0.29, 0.717) is 5.92 Å². The summed E-state index contributed by atoms with van der Waals surface area (Å²) in [5.41, 5.74) is 7.14. The second kappa shape index (κ2) is 8.00. The molecule has 0 saturated carbocycles. The predicted molar refractivity (Wildman–Crippen MR) is 103 cm³/mol. The van der Waals surface area contributed by atoms with Crippen molar-refractivity contribution in [1.29, 1.82) is 0 Å². The van der Waals surface area contributed by atoms with Crippen molar-refractivity contribution in [2.45, 2.75) is 38.6 Å². The maximum Gasteiger partial charge on any atom is 0.229 e. The van der Waals surface area contributed by atoms with Gasteiger partial charge in [0.05, 0.1) is 5.92 Å². The van der Waals surface area contributed by atoms with Crippen LogP contribution in [0.3, 0.4) is 0 Å². The van der Waals surface area contributed by atoms with Gasteiger partial charge in [0.2, 0.25) is 5.91 Å². The molecule has 2 aromatic carbocycles. The number of nitrogens with zero attached hydrogens (tertiary/aromatic N) is 1. The molecule has 4 heteroatoms. The second-order valence-corrected chi connectivity index (χ2v) is 6.87. The number of nitrogens with two attached hydrogens (primary N) is 1. The van der Waals surface area contributed by atoms with Gasteiger partial charge in [-0.1, -0.05) is 42.5 Å². The third-order valence-corrected chi connectivity index (χ3v) is 5.16. The van der Waals surface area contributed by atoms with E-state index in [1.807, 2.05) is 30.9 Å². The average molecular weight is 347 g/mol. The Morgan fingerprint density at radius 2 is 1.88 bits per heavy atom. The molecule has 2 aromatic rings. The minimum atomic E-state index is -0.105. The van der Waals surface area contributed by atoms with Gasteiger partial charge < -0.3 is 10.6 Å². The Bertz CT molecular complexity index is 701. The molecule has 1 saturated heterocycles. The van der Waals surface area contributed by atoms with Crippen molar-refractivity contribution in [2.24, 2.45) is 11.7 Å². The fourth-order valence-electron chi connectivity index (χ4n) is 3.53. The van der Waals surface area contributed by atoms with Gasteiger partial charge in [-0.05, 0) is 48.9 Å². The number of fused-ring (bicyclic) bond motifs is 1. The molecule has 0 bridgehead atoms. The van der Waals surface area contributed by atoms with E-state index in [1.165, 1.54) is 10.8 Å². The lowest BCUT2D eigenvalue weighted by Gasteiger charge is -2.36. The van der Waals surface area contributed by atoms with Crippen LogP contribution in [0.15, 0.2) is 42.5 Å². The van der Waals surface area contributed by atoms with Crippen molar-refractivity contribution < 1.29 is 4.79 Å². The predicted octanol–water partition coefficient (Wildman–Crippen LogP) is 3.95. The van der Waals surface area contributed by atoms with E-state index in [4.69, 9.17) is 5.73 Å². The quantitative estimate of drug-likeness (QED) is 0.914. The number of hydrogen-bond acceptors (Lipinski definition) is 2. The molecule has 3 atom stereocenters. The minimum absolute atomic E-state index is 0. The Morgan fingerprint density at radius 1 is 1.17 bits per heavy atom. The summed E-state index contributed by atoms with van der Waals surface area (Å²) in [5, 5.41) is 2.41. The fourth-order valence-corrected chi connectivity index (χ4v) is 3.53. The Labute approximate surface area is 150 Å². The normalized spacial score (nSPS) is 20.3. The van der Waals surface area contributed by atoms with E-state index in [2.05, 4.69) is 30.3 Å². The summed E-state index contributed by atoms with van der Waals surface area (Å²) in [6.45, 7) is 5.72. The number of rotatable bonds is 3. The maximum atomic E-state index is 12.9. The third-order valence-electron chi connectivity index (χ3n) is 5.16. The van der Waals surface area contributed by atoms with Crippen molar-refractivity contribution in [3.05, 3.63) is 48.0 Å². The first-order valence-corrected chi connectivity index (χ1v) is 8.59. The van der Waals surface area contributed by atoms with Gasteiger partial charge in [-0.15, -0.1) is 12.4 Å². The van der Waals surface area contributed by atoms with Crippen molar-refractivity contribution in [1.82, 2.24) is 4.90 Å². The topological polar surface area (TPSA) is 46.3 Å². The fraction of sp³-hybridized carbons (Fsp3) is 0.450. The minimum Gasteiger partial charge on any atom is -0.342 e. The monoisotopic (exact) mass is 346 g/mol. The van der Waals surface area contributed by atoms with Gasteiger partial charge in [0.1, 0.15) is 0 Å². The van der Waals surface area contributed by atoms with Crippen LogP contribution in [-0.4, -0.2) is 29.9 Å². The van der Waals surface area contributed by atoms with Gasteiger partial charge in [0.25, 0.3) is 0 Å². The molecule has 0 aliphatic carbocycles. The highest BCUT2D eigenvalue weighted by atomic mass is 35.5. The van der Waals surface area contributed by atoms with Crippen molar-refractivity contribution in [3.8, 4) is 0 Å². The van der Waals surface area contributed by atoms with E-state index in [1.54, 1.807) is 0 Å². The molecular formula is C20H27ClN2O. The van der Waals surface area contributed by atoms with E-state index in [9.17, 15) is 4.79 Å². The summed E-state index contributed by atoms with van der Waals surface area (Å²) in [4.78, 5) is 14.9. The van der Waals surface area contributed by atoms with Gasteiger partial charge in [-0.2, -0.15) is 0 Å². The standard InChI is InChI=1S/C20H26N2O.ClH/c1-14(17-10-9-16-6-3-4-7-18(16)12-17)20(23)22-11-5-8-19(13-22)15(2)21;/h3-4,6-7,9-10,12,14-15,19H,5,8,11,13,21H2,1-2H3;1H. The van der Waals surface area contributed by atoms with Crippen LogP contribution in [0.4, 0.5) is 0 Å². The first kappa shape index (κ1) is 18.8. The number of halogens is 1. The molecule has 2 N–H and O–H groups in total. The number of carbonyl (C=O) groups is 1. The zero-order valence-corrected chi connectivity index (χ0v) is 15.3. The van der Waals surface area contributed by atoms with Crippen LogP contribution in [0.2, 0.25) is 0 Å². The Hall–Kier alpha value is -1.58. The van der Waals surface area contributed by atoms with Crippen LogP contribution >= 0.6 is 12.4 Å². The van der Waals surface area contributed by atoms with E-state index in [0.717, 1.165) is 31.5 Å². The van der Waals surface area contributed by atoms with Gasteiger partial charge in [0.15, 0.2) is 0 Å². The maximum absolute atomic E-state index is 12.9. The van der Waals surface area contributed by atoms with Crippen LogP contribution in [0.1, 0.15) is 38.2 Å². The lowest BCUT2D eigenvalue weighted by atomic mass is 9.90. The van der Waals surface area contributed by atoms with Crippen LogP contribution in [0.5, 0.6) is 0 Å². The molecule has 1 heterocycles. The number of amides is 1. The van der Waals surface area contributed by atoms with Crippen molar-refractivity contribution in [2.75, 3.05) is 13.1 Å². The SMILES string of the molecule is CC(C(=O)N1CCCC(C(C)N)C1)c1ccc2ccccc2c1.Cl. The summed E-state index contributed by atoms with van der Waals surface area (Å²) >= 11 is 0. The zero-order valence-electron chi connectivity index (χ0n) is 14.4. The molecule has 0 radical (unpaired) electrons. The summed E-state index contributed by atoms with van der Waals surface area (Å²) in [7, 11) is 0. The Kier molecular flexibility index (Phi) is 6.25. The average Bonchev–Trinajstić information content (AvgIpc) is 2.60. The van der Waals surface area contributed by atoms with Gasteiger partial charge in [-0.3, -0.25) is 4.79 Å². The highest BCUT2D eigenvalue weighted by Crippen LogP contribution is 2.26. The van der Waals surface area contributed by atoms with Crippen LogP contribution in [0.25, 0.3) is 10.8 Å². The van der Waals surface area contributed by atoms with E-state index < -0.39 is 0 Å². The van der Waals surface area contributed by atoms with Crippen LogP contribution < -0.4 is 5.73 Å². The van der Waals surface area contributed by atoms with E-state index >= 15 is 0 Å². The van der Waals surface area contributed by atoms with Gasteiger partial charge >= 0.3 is 0 Å². The zero-order chi connectivity index (χ0) is 16.4. The first-order valence-electron chi connectivity index (χ1n) is 8.59. The highest BCUT2D eigenvalue weighted by molar-refractivity contribution is 5.87. The van der Waals surface area contributed by atoms with Crippen LogP contribution in [0, 0.1) is 5.92 Å². The number of piperidine rings is 1. The summed E-state index contributed by atoms with van der Waals surface area (Å²) in [6.07, 6.45) is 2.19. The molecule has 3 nitrogen and oxygen atoms in total. The molecule has 3 unspecified atom stereocenters.